The number of carbonyl (C=O) groups excluding carboxylic acids is 1. The zero-order valence-corrected chi connectivity index (χ0v) is 10.5. The highest BCUT2D eigenvalue weighted by atomic mass is 16.5. The highest BCUT2D eigenvalue weighted by Gasteiger charge is 2.14. The fraction of sp³-hybridized carbons (Fsp3) is 0.538. The van der Waals surface area contributed by atoms with Crippen LogP contribution in [0.5, 0.6) is 0 Å². The number of hydrogen-bond donors (Lipinski definition) is 1. The first-order chi connectivity index (χ1) is 8.79. The van der Waals surface area contributed by atoms with Gasteiger partial charge in [-0.05, 0) is 32.1 Å². The van der Waals surface area contributed by atoms with Gasteiger partial charge in [-0.2, -0.15) is 4.98 Å². The highest BCUT2D eigenvalue weighted by molar-refractivity contribution is 5.87. The fourth-order valence-electron chi connectivity index (χ4n) is 1.93. The average molecular weight is 250 g/mol. The van der Waals surface area contributed by atoms with Crippen molar-refractivity contribution >= 4 is 12.0 Å². The van der Waals surface area contributed by atoms with E-state index in [0.717, 1.165) is 19.4 Å². The van der Waals surface area contributed by atoms with Gasteiger partial charge < -0.3 is 14.5 Å². The van der Waals surface area contributed by atoms with Crippen molar-refractivity contribution in [1.29, 1.82) is 0 Å². The Labute approximate surface area is 106 Å². The molecule has 1 aliphatic carbocycles. The first-order valence-electron chi connectivity index (χ1n) is 6.31. The average Bonchev–Trinajstić information content (AvgIpc) is 2.87. The van der Waals surface area contributed by atoms with E-state index in [1.165, 1.54) is 12.7 Å². The second kappa shape index (κ2) is 6.23. The van der Waals surface area contributed by atoms with Crippen LogP contribution >= 0.6 is 0 Å². The lowest BCUT2D eigenvalue weighted by Gasteiger charge is -2.17. The minimum Gasteiger partial charge on any atom is -0.461 e. The number of hydrogen-bond acceptors (Lipinski definition) is 5. The van der Waals surface area contributed by atoms with E-state index in [0.29, 0.717) is 18.5 Å². The van der Waals surface area contributed by atoms with Gasteiger partial charge in [-0.15, -0.1) is 0 Å². The van der Waals surface area contributed by atoms with Crippen LogP contribution in [-0.2, 0) is 4.74 Å². The topological polar surface area (TPSA) is 64.4 Å². The van der Waals surface area contributed by atoms with E-state index in [9.17, 15) is 4.79 Å². The molecular formula is C13H18N2O3. The van der Waals surface area contributed by atoms with Crippen LogP contribution in [0.15, 0.2) is 22.8 Å². The van der Waals surface area contributed by atoms with E-state index < -0.39 is 5.97 Å². The van der Waals surface area contributed by atoms with Gasteiger partial charge in [-0.1, -0.05) is 12.2 Å². The SMILES string of the molecule is CCOC(=O)c1coc(NCC2CC=CCC2)n1. The maximum Gasteiger partial charge on any atom is 0.360 e. The van der Waals surface area contributed by atoms with Crippen molar-refractivity contribution in [2.45, 2.75) is 26.2 Å². The summed E-state index contributed by atoms with van der Waals surface area (Å²) < 4.78 is 10.0. The molecule has 5 nitrogen and oxygen atoms in total. The van der Waals surface area contributed by atoms with Gasteiger partial charge in [0.05, 0.1) is 6.61 Å². The molecule has 5 heteroatoms. The summed E-state index contributed by atoms with van der Waals surface area (Å²) in [6.07, 6.45) is 9.12. The maximum atomic E-state index is 11.4. The van der Waals surface area contributed by atoms with Crippen LogP contribution < -0.4 is 5.32 Å². The molecule has 0 saturated heterocycles. The molecule has 0 spiro atoms. The molecule has 18 heavy (non-hydrogen) atoms. The molecular weight excluding hydrogens is 232 g/mol. The summed E-state index contributed by atoms with van der Waals surface area (Å²) in [6, 6.07) is 0.382. The van der Waals surface area contributed by atoms with Crippen molar-refractivity contribution in [3.8, 4) is 0 Å². The minimum atomic E-state index is -0.449. The van der Waals surface area contributed by atoms with Crippen LogP contribution in [0.2, 0.25) is 0 Å². The van der Waals surface area contributed by atoms with E-state index >= 15 is 0 Å². The van der Waals surface area contributed by atoms with Crippen LogP contribution in [0.1, 0.15) is 36.7 Å². The number of carbonyl (C=O) groups is 1. The zero-order chi connectivity index (χ0) is 12.8. The summed E-state index contributed by atoms with van der Waals surface area (Å²) >= 11 is 0. The molecule has 0 bridgehead atoms. The number of oxazole rings is 1. The molecule has 0 aliphatic heterocycles. The lowest BCUT2D eigenvalue weighted by molar-refractivity contribution is 0.0519. The maximum absolute atomic E-state index is 11.4. The summed E-state index contributed by atoms with van der Waals surface area (Å²) in [4.78, 5) is 15.4. The van der Waals surface area contributed by atoms with E-state index in [2.05, 4.69) is 22.5 Å². The van der Waals surface area contributed by atoms with Gasteiger partial charge in [0.15, 0.2) is 5.69 Å². The number of anilines is 1. The Balaban J connectivity index is 1.82. The molecule has 0 saturated carbocycles. The molecule has 1 aromatic rings. The molecule has 1 N–H and O–H groups in total. The smallest absolute Gasteiger partial charge is 0.360 e. The number of rotatable bonds is 5. The molecule has 1 aromatic heterocycles. The fourth-order valence-corrected chi connectivity index (χ4v) is 1.93. The van der Waals surface area contributed by atoms with E-state index in [-0.39, 0.29) is 5.69 Å². The van der Waals surface area contributed by atoms with Crippen molar-refractivity contribution in [3.63, 3.8) is 0 Å². The predicted octanol–water partition coefficient (Wildman–Crippen LogP) is 2.62. The number of esters is 1. The lowest BCUT2D eigenvalue weighted by atomic mass is 9.94. The number of aromatic nitrogens is 1. The third kappa shape index (κ3) is 3.35. The lowest BCUT2D eigenvalue weighted by Crippen LogP contribution is -2.15. The van der Waals surface area contributed by atoms with Gasteiger partial charge in [0.1, 0.15) is 6.26 Å². The largest absolute Gasteiger partial charge is 0.461 e. The zero-order valence-electron chi connectivity index (χ0n) is 10.5. The molecule has 98 valence electrons. The van der Waals surface area contributed by atoms with Gasteiger partial charge in [0, 0.05) is 6.54 Å². The summed E-state index contributed by atoms with van der Waals surface area (Å²) in [6.45, 7) is 2.91. The third-order valence-corrected chi connectivity index (χ3v) is 2.91. The van der Waals surface area contributed by atoms with E-state index in [1.54, 1.807) is 6.92 Å². The van der Waals surface area contributed by atoms with Gasteiger partial charge >= 0.3 is 5.97 Å². The Bertz CT molecular complexity index is 426. The minimum absolute atomic E-state index is 0.211. The number of allylic oxidation sites excluding steroid dienone is 2. The molecule has 2 rings (SSSR count). The monoisotopic (exact) mass is 250 g/mol. The van der Waals surface area contributed by atoms with Crippen LogP contribution in [-0.4, -0.2) is 24.1 Å². The van der Waals surface area contributed by atoms with E-state index in [1.807, 2.05) is 0 Å². The van der Waals surface area contributed by atoms with Gasteiger partial charge in [-0.3, -0.25) is 0 Å². The first-order valence-corrected chi connectivity index (χ1v) is 6.31. The van der Waals surface area contributed by atoms with Crippen molar-refractivity contribution in [2.75, 3.05) is 18.5 Å². The third-order valence-electron chi connectivity index (χ3n) is 2.91. The molecule has 0 aromatic carbocycles. The Kier molecular flexibility index (Phi) is 4.39. The molecule has 1 unspecified atom stereocenters. The van der Waals surface area contributed by atoms with Crippen LogP contribution in [0.3, 0.4) is 0 Å². The molecule has 0 amide bonds. The Morgan fingerprint density at radius 1 is 1.61 bits per heavy atom. The Morgan fingerprint density at radius 3 is 3.22 bits per heavy atom. The van der Waals surface area contributed by atoms with Crippen molar-refractivity contribution in [2.24, 2.45) is 5.92 Å². The van der Waals surface area contributed by atoms with Crippen molar-refractivity contribution in [3.05, 3.63) is 24.1 Å². The normalized spacial score (nSPS) is 18.6. The second-order valence-corrected chi connectivity index (χ2v) is 4.29. The molecule has 1 heterocycles. The summed E-state index contributed by atoms with van der Waals surface area (Å²) in [5.41, 5.74) is 0.211. The molecule has 0 fully saturated rings. The van der Waals surface area contributed by atoms with E-state index in [4.69, 9.17) is 9.15 Å². The van der Waals surface area contributed by atoms with Crippen LogP contribution in [0.25, 0.3) is 0 Å². The standard InChI is InChI=1S/C13H18N2O3/c1-2-17-12(16)11-9-18-13(15-11)14-8-10-6-4-3-5-7-10/h3-4,9-10H,2,5-8H2,1H3,(H,14,15). The number of nitrogens with one attached hydrogen (secondary N) is 1. The quantitative estimate of drug-likeness (QED) is 0.643. The van der Waals surface area contributed by atoms with Crippen LogP contribution in [0.4, 0.5) is 6.01 Å². The molecule has 0 radical (unpaired) electrons. The Hall–Kier alpha value is -1.78. The summed E-state index contributed by atoms with van der Waals surface area (Å²) in [5, 5.41) is 3.11. The molecule has 1 aliphatic rings. The Morgan fingerprint density at radius 2 is 2.50 bits per heavy atom. The molecule has 1 atom stereocenters. The van der Waals surface area contributed by atoms with Crippen LogP contribution in [0, 0.1) is 5.92 Å². The highest BCUT2D eigenvalue weighted by Crippen LogP contribution is 2.19. The van der Waals surface area contributed by atoms with Gasteiger partial charge in [0.2, 0.25) is 0 Å². The second-order valence-electron chi connectivity index (χ2n) is 4.29. The predicted molar refractivity (Wildman–Crippen MR) is 67.4 cm³/mol. The summed E-state index contributed by atoms with van der Waals surface area (Å²) in [7, 11) is 0. The number of ether oxygens (including phenoxy) is 1. The van der Waals surface area contributed by atoms with Crippen molar-refractivity contribution in [1.82, 2.24) is 4.98 Å². The van der Waals surface area contributed by atoms with Gasteiger partial charge in [-0.25, -0.2) is 4.79 Å². The van der Waals surface area contributed by atoms with Crippen molar-refractivity contribution < 1.29 is 13.9 Å². The first kappa shape index (κ1) is 12.7. The number of nitrogens with zero attached hydrogens (tertiary/aromatic N) is 1. The summed E-state index contributed by atoms with van der Waals surface area (Å²) in [5.74, 6) is 0.155. The van der Waals surface area contributed by atoms with Gasteiger partial charge in [0.25, 0.3) is 6.01 Å².